The molecular formula is C11H17N3OS. The van der Waals surface area contributed by atoms with Gasteiger partial charge in [-0.05, 0) is 26.8 Å². The Balaban J connectivity index is 2.15. The Morgan fingerprint density at radius 1 is 1.50 bits per heavy atom. The molecule has 2 aromatic rings. The van der Waals surface area contributed by atoms with E-state index in [4.69, 9.17) is 5.11 Å². The van der Waals surface area contributed by atoms with Crippen LogP contribution in [0.25, 0.3) is 4.96 Å². The summed E-state index contributed by atoms with van der Waals surface area (Å²) in [5.41, 5.74) is 3.55. The van der Waals surface area contributed by atoms with E-state index in [1.165, 1.54) is 11.4 Å². The van der Waals surface area contributed by atoms with Gasteiger partial charge in [0, 0.05) is 24.2 Å². The summed E-state index contributed by atoms with van der Waals surface area (Å²) in [6.07, 6.45) is 0.795. The number of hydrogen-bond donors (Lipinski definition) is 2. The molecule has 16 heavy (non-hydrogen) atoms. The standard InChI is InChI=1S/C11H17N3OS/c1-8-7-16-11-13-9(2)10(14(8)11)6-12-4-3-5-15/h7,12,15H,3-6H2,1-2H3. The fourth-order valence-corrected chi connectivity index (χ4v) is 2.72. The third-order valence-electron chi connectivity index (χ3n) is 2.63. The third-order valence-corrected chi connectivity index (χ3v) is 3.58. The quantitative estimate of drug-likeness (QED) is 0.777. The minimum absolute atomic E-state index is 0.241. The highest BCUT2D eigenvalue weighted by molar-refractivity contribution is 7.15. The predicted molar refractivity (Wildman–Crippen MR) is 66.0 cm³/mol. The van der Waals surface area contributed by atoms with Gasteiger partial charge in [0.05, 0.1) is 11.4 Å². The number of fused-ring (bicyclic) bond motifs is 1. The molecule has 88 valence electrons. The number of imidazole rings is 1. The van der Waals surface area contributed by atoms with Crippen LogP contribution in [0.4, 0.5) is 0 Å². The average molecular weight is 239 g/mol. The molecule has 5 heteroatoms. The minimum Gasteiger partial charge on any atom is -0.396 e. The highest BCUT2D eigenvalue weighted by atomic mass is 32.1. The summed E-state index contributed by atoms with van der Waals surface area (Å²) < 4.78 is 2.20. The summed E-state index contributed by atoms with van der Waals surface area (Å²) in [6.45, 7) is 6.03. The van der Waals surface area contributed by atoms with Crippen LogP contribution in [0.5, 0.6) is 0 Å². The second-order valence-electron chi connectivity index (χ2n) is 3.89. The maximum absolute atomic E-state index is 8.70. The summed E-state index contributed by atoms with van der Waals surface area (Å²) in [6, 6.07) is 0. The van der Waals surface area contributed by atoms with E-state index in [1.807, 2.05) is 6.92 Å². The Hall–Kier alpha value is -0.910. The van der Waals surface area contributed by atoms with Crippen molar-refractivity contribution >= 4 is 16.3 Å². The first kappa shape index (κ1) is 11.6. The Morgan fingerprint density at radius 2 is 2.31 bits per heavy atom. The van der Waals surface area contributed by atoms with Crippen molar-refractivity contribution in [1.82, 2.24) is 14.7 Å². The Morgan fingerprint density at radius 3 is 3.06 bits per heavy atom. The monoisotopic (exact) mass is 239 g/mol. The van der Waals surface area contributed by atoms with E-state index in [0.717, 1.165) is 30.2 Å². The van der Waals surface area contributed by atoms with E-state index in [9.17, 15) is 0 Å². The number of nitrogens with zero attached hydrogens (tertiary/aromatic N) is 2. The highest BCUT2D eigenvalue weighted by Crippen LogP contribution is 2.20. The van der Waals surface area contributed by atoms with Crippen LogP contribution in [0.1, 0.15) is 23.5 Å². The molecule has 0 spiro atoms. The van der Waals surface area contributed by atoms with Gasteiger partial charge in [-0.1, -0.05) is 0 Å². The molecule has 0 saturated carbocycles. The average Bonchev–Trinajstić information content (AvgIpc) is 2.75. The number of hydrogen-bond acceptors (Lipinski definition) is 4. The van der Waals surface area contributed by atoms with E-state index >= 15 is 0 Å². The number of aromatic nitrogens is 2. The summed E-state index contributed by atoms with van der Waals surface area (Å²) in [5, 5.41) is 14.2. The van der Waals surface area contributed by atoms with Crippen LogP contribution in [0, 0.1) is 13.8 Å². The third kappa shape index (κ3) is 2.11. The van der Waals surface area contributed by atoms with Gasteiger partial charge in [0.2, 0.25) is 0 Å². The van der Waals surface area contributed by atoms with Gasteiger partial charge in [-0.25, -0.2) is 4.98 Å². The molecule has 2 rings (SSSR count). The van der Waals surface area contributed by atoms with Crippen molar-refractivity contribution in [3.63, 3.8) is 0 Å². The lowest BCUT2D eigenvalue weighted by atomic mass is 10.3. The maximum atomic E-state index is 8.70. The maximum Gasteiger partial charge on any atom is 0.194 e. The van der Waals surface area contributed by atoms with Gasteiger partial charge in [0.1, 0.15) is 0 Å². The molecule has 0 atom stereocenters. The largest absolute Gasteiger partial charge is 0.396 e. The first-order valence-electron chi connectivity index (χ1n) is 5.47. The first-order chi connectivity index (χ1) is 7.74. The zero-order chi connectivity index (χ0) is 11.5. The SMILES string of the molecule is Cc1nc2scc(C)n2c1CNCCCO. The van der Waals surface area contributed by atoms with Crippen molar-refractivity contribution in [3.8, 4) is 0 Å². The van der Waals surface area contributed by atoms with Crippen molar-refractivity contribution < 1.29 is 5.11 Å². The Labute approximate surface area is 98.9 Å². The van der Waals surface area contributed by atoms with Gasteiger partial charge in [-0.2, -0.15) is 0 Å². The van der Waals surface area contributed by atoms with Gasteiger partial charge in [0.15, 0.2) is 4.96 Å². The van der Waals surface area contributed by atoms with Crippen molar-refractivity contribution in [3.05, 3.63) is 22.5 Å². The van der Waals surface area contributed by atoms with E-state index in [2.05, 4.69) is 27.0 Å². The first-order valence-corrected chi connectivity index (χ1v) is 6.35. The zero-order valence-electron chi connectivity index (χ0n) is 9.66. The molecule has 2 heterocycles. The molecular weight excluding hydrogens is 222 g/mol. The van der Waals surface area contributed by atoms with Crippen molar-refractivity contribution in [1.29, 1.82) is 0 Å². The highest BCUT2D eigenvalue weighted by Gasteiger charge is 2.11. The summed E-state index contributed by atoms with van der Waals surface area (Å²) in [5.74, 6) is 0. The molecule has 0 radical (unpaired) electrons. The van der Waals surface area contributed by atoms with E-state index in [0.29, 0.717) is 0 Å². The molecule has 0 aliphatic carbocycles. The summed E-state index contributed by atoms with van der Waals surface area (Å²) in [4.78, 5) is 5.59. The van der Waals surface area contributed by atoms with Gasteiger partial charge in [0.25, 0.3) is 0 Å². The van der Waals surface area contributed by atoms with Gasteiger partial charge in [-0.15, -0.1) is 11.3 Å². The number of aryl methyl sites for hydroxylation is 2. The number of aliphatic hydroxyl groups excluding tert-OH is 1. The van der Waals surface area contributed by atoms with Crippen LogP contribution in [0.2, 0.25) is 0 Å². The molecule has 2 N–H and O–H groups in total. The molecule has 2 aromatic heterocycles. The fourth-order valence-electron chi connectivity index (χ4n) is 1.79. The smallest absolute Gasteiger partial charge is 0.194 e. The van der Waals surface area contributed by atoms with Gasteiger partial charge < -0.3 is 10.4 Å². The van der Waals surface area contributed by atoms with E-state index in [-0.39, 0.29) is 6.61 Å². The Bertz CT molecular complexity index is 475. The van der Waals surface area contributed by atoms with E-state index in [1.54, 1.807) is 11.3 Å². The second-order valence-corrected chi connectivity index (χ2v) is 4.73. The number of nitrogens with one attached hydrogen (secondary N) is 1. The van der Waals surface area contributed by atoms with Crippen LogP contribution in [0.3, 0.4) is 0 Å². The molecule has 0 amide bonds. The molecule has 0 aliphatic heterocycles. The van der Waals surface area contributed by atoms with Crippen LogP contribution in [0.15, 0.2) is 5.38 Å². The lowest BCUT2D eigenvalue weighted by molar-refractivity contribution is 0.286. The number of rotatable bonds is 5. The van der Waals surface area contributed by atoms with Crippen molar-refractivity contribution in [2.75, 3.05) is 13.2 Å². The molecule has 0 unspecified atom stereocenters. The summed E-state index contributed by atoms with van der Waals surface area (Å²) in [7, 11) is 0. The van der Waals surface area contributed by atoms with Crippen LogP contribution in [-0.2, 0) is 6.54 Å². The van der Waals surface area contributed by atoms with E-state index < -0.39 is 0 Å². The summed E-state index contributed by atoms with van der Waals surface area (Å²) >= 11 is 1.68. The van der Waals surface area contributed by atoms with Crippen LogP contribution >= 0.6 is 11.3 Å². The number of aliphatic hydroxyl groups is 1. The zero-order valence-corrected chi connectivity index (χ0v) is 10.5. The van der Waals surface area contributed by atoms with Gasteiger partial charge >= 0.3 is 0 Å². The number of thiazole rings is 1. The molecule has 0 bridgehead atoms. The van der Waals surface area contributed by atoms with Crippen LogP contribution < -0.4 is 5.32 Å². The van der Waals surface area contributed by atoms with Crippen molar-refractivity contribution in [2.45, 2.75) is 26.8 Å². The lowest BCUT2D eigenvalue weighted by Crippen LogP contribution is -2.17. The predicted octanol–water partition coefficient (Wildman–Crippen LogP) is 1.48. The minimum atomic E-state index is 0.241. The molecule has 0 aromatic carbocycles. The molecule has 0 saturated heterocycles. The van der Waals surface area contributed by atoms with Gasteiger partial charge in [-0.3, -0.25) is 4.40 Å². The van der Waals surface area contributed by atoms with Crippen LogP contribution in [-0.4, -0.2) is 27.6 Å². The lowest BCUT2D eigenvalue weighted by Gasteiger charge is -2.04. The fraction of sp³-hybridized carbons (Fsp3) is 0.545. The molecule has 4 nitrogen and oxygen atoms in total. The molecule has 0 aliphatic rings. The van der Waals surface area contributed by atoms with Crippen molar-refractivity contribution in [2.24, 2.45) is 0 Å². The second kappa shape index (κ2) is 4.95. The Kier molecular flexibility index (Phi) is 3.58. The topological polar surface area (TPSA) is 49.6 Å². The normalized spacial score (nSPS) is 11.4. The molecule has 0 fully saturated rings.